The van der Waals surface area contributed by atoms with Gasteiger partial charge in [0, 0.05) is 5.56 Å². The summed E-state index contributed by atoms with van der Waals surface area (Å²) in [6.45, 7) is -1.28. The summed E-state index contributed by atoms with van der Waals surface area (Å²) in [7, 11) is 0. The van der Waals surface area contributed by atoms with E-state index in [1.807, 2.05) is 5.48 Å². The lowest BCUT2D eigenvalue weighted by Gasteiger charge is -2.44. The second-order valence-electron chi connectivity index (χ2n) is 8.77. The Morgan fingerprint density at radius 2 is 1.53 bits per heavy atom. The van der Waals surface area contributed by atoms with E-state index in [0.29, 0.717) is 17.0 Å². The Bertz CT molecular complexity index is 1260. The second kappa shape index (κ2) is 9.04. The van der Waals surface area contributed by atoms with Gasteiger partial charge in [-0.1, -0.05) is 41.9 Å². The first-order valence-electron chi connectivity index (χ1n) is 10.6. The fraction of sp³-hybridized carbons (Fsp3) is 0.348. The average molecular weight is 577 g/mol. The molecular formula is C23H15ClF10N2O2. The molecule has 2 aliphatic heterocycles. The number of nitrogens with one attached hydrogen (secondary N) is 1. The highest BCUT2D eigenvalue weighted by Crippen LogP contribution is 2.49. The van der Waals surface area contributed by atoms with Gasteiger partial charge in [-0.25, -0.2) is 4.39 Å². The number of hydroxylamine groups is 1. The molecule has 0 aromatic heterocycles. The SMILES string of the molecule is O=C(CC(F)(F)F)N1CC(F)(c2ccc(C3=CC(c4ccc(Cl)c(C(F)(F)F)c4)(C(F)(F)F)ON3)cc2)C1. The van der Waals surface area contributed by atoms with Gasteiger partial charge < -0.3 is 4.90 Å². The Balaban J connectivity index is 1.59. The number of nitrogens with zero attached hydrogens (tertiary/aromatic N) is 1. The van der Waals surface area contributed by atoms with Gasteiger partial charge in [-0.15, -0.1) is 0 Å². The van der Waals surface area contributed by atoms with E-state index < -0.39 is 71.4 Å². The van der Waals surface area contributed by atoms with Gasteiger partial charge >= 0.3 is 18.5 Å². The number of hydrogen-bond acceptors (Lipinski definition) is 3. The summed E-state index contributed by atoms with van der Waals surface area (Å²) in [6.07, 6.45) is -16.2. The van der Waals surface area contributed by atoms with Crippen LogP contribution in [0, 0.1) is 0 Å². The van der Waals surface area contributed by atoms with Crippen LogP contribution >= 0.6 is 11.6 Å². The fourth-order valence-electron chi connectivity index (χ4n) is 4.11. The van der Waals surface area contributed by atoms with Crippen molar-refractivity contribution in [3.63, 3.8) is 0 Å². The van der Waals surface area contributed by atoms with E-state index in [0.717, 1.165) is 6.07 Å². The molecule has 1 saturated heterocycles. The van der Waals surface area contributed by atoms with Crippen molar-refractivity contribution in [3.8, 4) is 0 Å². The quantitative estimate of drug-likeness (QED) is 0.415. The number of carbonyl (C=O) groups excluding carboxylic acids is 1. The number of alkyl halides is 10. The minimum absolute atomic E-state index is 0.0357. The third-order valence-electron chi connectivity index (χ3n) is 6.09. The fourth-order valence-corrected chi connectivity index (χ4v) is 4.33. The molecule has 0 aliphatic carbocycles. The second-order valence-corrected chi connectivity index (χ2v) is 9.18. The van der Waals surface area contributed by atoms with E-state index in [1.54, 1.807) is 0 Å². The smallest absolute Gasteiger partial charge is 0.335 e. The summed E-state index contributed by atoms with van der Waals surface area (Å²) < 4.78 is 134. The topological polar surface area (TPSA) is 41.6 Å². The molecular weight excluding hydrogens is 562 g/mol. The highest BCUT2D eigenvalue weighted by Gasteiger charge is 2.60. The lowest BCUT2D eigenvalue weighted by atomic mass is 9.86. The Hall–Kier alpha value is -3.00. The normalized spacial score (nSPS) is 21.6. The molecule has 206 valence electrons. The van der Waals surface area contributed by atoms with Crippen LogP contribution in [0.5, 0.6) is 0 Å². The lowest BCUT2D eigenvalue weighted by molar-refractivity contribution is -0.269. The maximum atomic E-state index is 15.1. The average Bonchev–Trinajstić information content (AvgIpc) is 3.22. The van der Waals surface area contributed by atoms with E-state index in [4.69, 9.17) is 16.4 Å². The highest BCUT2D eigenvalue weighted by atomic mass is 35.5. The monoisotopic (exact) mass is 576 g/mol. The van der Waals surface area contributed by atoms with Gasteiger partial charge in [0.15, 0.2) is 5.67 Å². The number of amides is 1. The Morgan fingerprint density at radius 1 is 0.947 bits per heavy atom. The van der Waals surface area contributed by atoms with Crippen molar-refractivity contribution in [2.75, 3.05) is 13.1 Å². The minimum Gasteiger partial charge on any atom is -0.335 e. The summed E-state index contributed by atoms with van der Waals surface area (Å²) >= 11 is 5.52. The van der Waals surface area contributed by atoms with E-state index in [2.05, 4.69) is 0 Å². The molecule has 0 radical (unpaired) electrons. The number of carbonyl (C=O) groups is 1. The molecule has 2 heterocycles. The van der Waals surface area contributed by atoms with E-state index in [-0.39, 0.29) is 22.9 Å². The van der Waals surface area contributed by atoms with Gasteiger partial charge in [-0.3, -0.25) is 15.1 Å². The molecule has 2 aliphatic rings. The highest BCUT2D eigenvalue weighted by molar-refractivity contribution is 6.31. The summed E-state index contributed by atoms with van der Waals surface area (Å²) in [5.41, 5.74) is -6.12. The van der Waals surface area contributed by atoms with E-state index in [9.17, 15) is 44.3 Å². The molecule has 2 aromatic carbocycles. The van der Waals surface area contributed by atoms with Crippen molar-refractivity contribution in [2.24, 2.45) is 0 Å². The number of benzene rings is 2. The third-order valence-corrected chi connectivity index (χ3v) is 6.42. The molecule has 38 heavy (non-hydrogen) atoms. The molecule has 4 rings (SSSR count). The summed E-state index contributed by atoms with van der Waals surface area (Å²) in [5, 5.41) is -0.806. The first kappa shape index (κ1) is 28.0. The molecule has 1 amide bonds. The van der Waals surface area contributed by atoms with Crippen molar-refractivity contribution < 1.29 is 53.5 Å². The van der Waals surface area contributed by atoms with Crippen LogP contribution in [0.2, 0.25) is 5.02 Å². The predicted molar refractivity (Wildman–Crippen MR) is 113 cm³/mol. The van der Waals surface area contributed by atoms with Gasteiger partial charge in [0.25, 0.3) is 0 Å². The van der Waals surface area contributed by atoms with Crippen LogP contribution in [0.3, 0.4) is 0 Å². The standard InChI is InChI=1S/C23H15ClF10N2O2/c24-16-6-5-14(7-15(16)22(29,30)31)20(23(32,33)34)8-17(35-38-20)12-1-3-13(4-2-12)19(25)10-36(11-19)18(37)9-21(26,27)28/h1-8,35H,9-11H2. The molecule has 0 spiro atoms. The molecule has 0 bridgehead atoms. The van der Waals surface area contributed by atoms with Crippen molar-refractivity contribution in [1.29, 1.82) is 0 Å². The number of likely N-dealkylation sites (tertiary alicyclic amines) is 1. The van der Waals surface area contributed by atoms with E-state index in [1.165, 1.54) is 24.3 Å². The Morgan fingerprint density at radius 3 is 2.05 bits per heavy atom. The maximum Gasteiger partial charge on any atom is 0.428 e. The van der Waals surface area contributed by atoms with Crippen molar-refractivity contribution in [1.82, 2.24) is 10.4 Å². The molecule has 1 unspecified atom stereocenters. The predicted octanol–water partition coefficient (Wildman–Crippen LogP) is 6.65. The van der Waals surface area contributed by atoms with Gasteiger partial charge in [0.05, 0.1) is 29.4 Å². The molecule has 1 fully saturated rings. The van der Waals surface area contributed by atoms with Crippen molar-refractivity contribution >= 4 is 23.2 Å². The Kier molecular flexibility index (Phi) is 6.67. The zero-order chi connectivity index (χ0) is 28.3. The zero-order valence-electron chi connectivity index (χ0n) is 18.7. The van der Waals surface area contributed by atoms with Crippen molar-refractivity contribution in [3.05, 3.63) is 75.8 Å². The van der Waals surface area contributed by atoms with Gasteiger partial charge in [-0.2, -0.15) is 39.5 Å². The molecule has 15 heteroatoms. The van der Waals surface area contributed by atoms with E-state index >= 15 is 4.39 Å². The molecule has 4 nitrogen and oxygen atoms in total. The first-order valence-corrected chi connectivity index (χ1v) is 11.0. The minimum atomic E-state index is -5.22. The largest absolute Gasteiger partial charge is 0.428 e. The van der Waals surface area contributed by atoms with Crippen LogP contribution in [0.4, 0.5) is 43.9 Å². The third kappa shape index (κ3) is 5.15. The van der Waals surface area contributed by atoms with Crippen LogP contribution in [0.15, 0.2) is 48.5 Å². The van der Waals surface area contributed by atoms with Crippen LogP contribution in [-0.4, -0.2) is 36.2 Å². The van der Waals surface area contributed by atoms with Gasteiger partial charge in [-0.05, 0) is 29.3 Å². The van der Waals surface area contributed by atoms with Gasteiger partial charge in [0.2, 0.25) is 11.5 Å². The first-order chi connectivity index (χ1) is 17.3. The maximum absolute atomic E-state index is 15.1. The molecule has 1 N–H and O–H groups in total. The summed E-state index contributed by atoms with van der Waals surface area (Å²) in [6, 6.07) is 6.35. The van der Waals surface area contributed by atoms with Gasteiger partial charge in [0.1, 0.15) is 6.42 Å². The van der Waals surface area contributed by atoms with Crippen LogP contribution in [0.1, 0.15) is 28.7 Å². The number of halogens is 11. The summed E-state index contributed by atoms with van der Waals surface area (Å²) in [5.74, 6) is -1.29. The van der Waals surface area contributed by atoms with Crippen LogP contribution in [-0.2, 0) is 27.1 Å². The van der Waals surface area contributed by atoms with Crippen molar-refractivity contribution in [2.45, 2.75) is 36.2 Å². The Labute approximate surface area is 212 Å². The number of rotatable bonds is 4. The number of hydrogen-bond donors (Lipinski definition) is 1. The lowest BCUT2D eigenvalue weighted by Crippen LogP contribution is -2.59. The van der Waals surface area contributed by atoms with Crippen LogP contribution < -0.4 is 5.48 Å². The molecule has 1 atom stereocenters. The molecule has 2 aromatic rings. The van der Waals surface area contributed by atoms with Crippen LogP contribution in [0.25, 0.3) is 5.70 Å². The zero-order valence-corrected chi connectivity index (χ0v) is 19.4. The molecule has 0 saturated carbocycles. The summed E-state index contributed by atoms with van der Waals surface area (Å²) in [4.78, 5) is 17.1.